The molecule has 3 aliphatic rings. The van der Waals surface area contributed by atoms with Gasteiger partial charge in [0.05, 0.1) is 11.3 Å². The minimum atomic E-state index is -0.199. The maximum absolute atomic E-state index is 13.3. The average Bonchev–Trinajstić information content (AvgIpc) is 2.84. The van der Waals surface area contributed by atoms with Crippen LogP contribution in [0.1, 0.15) is 47.8 Å². The molecule has 3 aliphatic heterocycles. The lowest BCUT2D eigenvalue weighted by Crippen LogP contribution is -2.47. The molecule has 6 heteroatoms. The zero-order chi connectivity index (χ0) is 19.7. The molecular weight excluding hydrogens is 355 g/mol. The zero-order valence-corrected chi connectivity index (χ0v) is 16.8. The van der Waals surface area contributed by atoms with Gasteiger partial charge in [0.25, 0.3) is 5.91 Å². The summed E-state index contributed by atoms with van der Waals surface area (Å²) in [4.78, 5) is 17.8. The summed E-state index contributed by atoms with van der Waals surface area (Å²) in [6, 6.07) is 7.00. The number of benzene rings is 1. The van der Waals surface area contributed by atoms with Crippen molar-refractivity contribution in [1.82, 2.24) is 19.6 Å². The Balaban J connectivity index is 1.48. The molecule has 150 valence electrons. The largest absolute Gasteiger partial charge is 0.334 e. The minimum Gasteiger partial charge on any atom is -0.334 e. The fourth-order valence-electron chi connectivity index (χ4n) is 4.63. The number of hydrogen-bond donors (Lipinski definition) is 0. The highest BCUT2D eigenvalue weighted by molar-refractivity contribution is 5.95. The van der Waals surface area contributed by atoms with E-state index >= 15 is 0 Å². The van der Waals surface area contributed by atoms with Crippen LogP contribution >= 0.6 is 0 Å². The van der Waals surface area contributed by atoms with Crippen molar-refractivity contribution in [1.29, 1.82) is 0 Å². The van der Waals surface area contributed by atoms with Crippen LogP contribution in [-0.4, -0.2) is 51.2 Å². The molecule has 1 aromatic carbocycles. The van der Waals surface area contributed by atoms with Crippen LogP contribution in [0, 0.1) is 18.7 Å². The lowest BCUT2D eigenvalue weighted by Gasteiger charge is -2.36. The van der Waals surface area contributed by atoms with Gasteiger partial charge in [0.1, 0.15) is 5.82 Å². The molecule has 0 saturated carbocycles. The first kappa shape index (κ1) is 19.1. The Kier molecular flexibility index (Phi) is 5.49. The van der Waals surface area contributed by atoms with Crippen LogP contribution in [0.15, 0.2) is 30.5 Å². The predicted molar refractivity (Wildman–Crippen MR) is 106 cm³/mol. The van der Waals surface area contributed by atoms with Crippen LogP contribution in [0.3, 0.4) is 0 Å². The van der Waals surface area contributed by atoms with Gasteiger partial charge < -0.3 is 4.90 Å². The number of hydrogen-bond acceptors (Lipinski definition) is 3. The lowest BCUT2D eigenvalue weighted by molar-refractivity contribution is 0.0584. The third-order valence-electron chi connectivity index (χ3n) is 6.00. The fourth-order valence-corrected chi connectivity index (χ4v) is 4.63. The first-order valence-corrected chi connectivity index (χ1v) is 10.3. The number of aryl methyl sites for hydroxylation is 2. The van der Waals surface area contributed by atoms with Crippen molar-refractivity contribution in [3.63, 3.8) is 0 Å². The van der Waals surface area contributed by atoms with E-state index in [0.717, 1.165) is 62.4 Å². The quantitative estimate of drug-likeness (QED) is 0.793. The molecule has 0 aliphatic carbocycles. The van der Waals surface area contributed by atoms with Crippen LogP contribution in [0.4, 0.5) is 4.39 Å². The normalized spacial score (nSPS) is 22.5. The summed E-state index contributed by atoms with van der Waals surface area (Å²) < 4.78 is 15.1. The average molecular weight is 384 g/mol. The summed E-state index contributed by atoms with van der Waals surface area (Å²) in [5, 5.41) is 4.51. The van der Waals surface area contributed by atoms with Crippen LogP contribution in [0.25, 0.3) is 0 Å². The topological polar surface area (TPSA) is 41.4 Å². The van der Waals surface area contributed by atoms with Crippen molar-refractivity contribution in [2.45, 2.75) is 52.2 Å². The van der Waals surface area contributed by atoms with E-state index in [9.17, 15) is 9.18 Å². The van der Waals surface area contributed by atoms with E-state index in [-0.39, 0.29) is 17.8 Å². The maximum atomic E-state index is 13.3. The van der Waals surface area contributed by atoms with Crippen molar-refractivity contribution in [2.75, 3.05) is 19.6 Å². The van der Waals surface area contributed by atoms with Gasteiger partial charge in [-0.15, -0.1) is 0 Å². The molecule has 3 fully saturated rings. The van der Waals surface area contributed by atoms with Crippen LogP contribution in [-0.2, 0) is 13.1 Å². The van der Waals surface area contributed by atoms with Crippen LogP contribution in [0.2, 0.25) is 0 Å². The lowest BCUT2D eigenvalue weighted by atomic mass is 9.94. The van der Waals surface area contributed by atoms with E-state index in [0.29, 0.717) is 5.92 Å². The van der Waals surface area contributed by atoms with Crippen molar-refractivity contribution in [2.24, 2.45) is 5.92 Å². The van der Waals surface area contributed by atoms with Crippen molar-refractivity contribution >= 4 is 5.91 Å². The van der Waals surface area contributed by atoms with Gasteiger partial charge in [-0.3, -0.25) is 14.4 Å². The standard InChI is InChI=1S/C22H29FN4O/c1-3-10-26-15-21(16(2)24-26)22(28)27-13-18-6-9-20(27)14-25(12-18)11-17-4-7-19(23)8-5-17/h4-5,7-8,15,18,20H,3,6,9-14H2,1-2H3/t18-,20+/m1/s1. The third kappa shape index (κ3) is 3.97. The van der Waals surface area contributed by atoms with Crippen molar-refractivity contribution in [3.8, 4) is 0 Å². The van der Waals surface area contributed by atoms with Gasteiger partial charge >= 0.3 is 0 Å². The van der Waals surface area contributed by atoms with E-state index in [1.807, 2.05) is 29.9 Å². The predicted octanol–water partition coefficient (Wildman–Crippen LogP) is 3.48. The highest BCUT2D eigenvalue weighted by atomic mass is 19.1. The summed E-state index contributed by atoms with van der Waals surface area (Å²) in [5.41, 5.74) is 2.69. The van der Waals surface area contributed by atoms with Gasteiger partial charge in [-0.1, -0.05) is 19.1 Å². The van der Waals surface area contributed by atoms with Gasteiger partial charge in [-0.05, 0) is 49.8 Å². The molecule has 2 atom stereocenters. The molecule has 1 aromatic heterocycles. The molecule has 0 spiro atoms. The number of carbonyl (C=O) groups excluding carboxylic acids is 1. The van der Waals surface area contributed by atoms with Gasteiger partial charge in [0.15, 0.2) is 0 Å². The second-order valence-corrected chi connectivity index (χ2v) is 8.27. The minimum absolute atomic E-state index is 0.123. The highest BCUT2D eigenvalue weighted by Crippen LogP contribution is 2.30. The van der Waals surface area contributed by atoms with Gasteiger partial charge in [0.2, 0.25) is 0 Å². The first-order chi connectivity index (χ1) is 13.5. The number of fused-ring (bicyclic) bond motifs is 4. The van der Waals surface area contributed by atoms with Crippen molar-refractivity contribution < 1.29 is 9.18 Å². The third-order valence-corrected chi connectivity index (χ3v) is 6.00. The summed E-state index contributed by atoms with van der Waals surface area (Å²) in [6.07, 6.45) is 5.14. The Morgan fingerprint density at radius 2 is 1.96 bits per heavy atom. The van der Waals surface area contributed by atoms with E-state index in [4.69, 9.17) is 0 Å². The number of piperidine rings is 1. The van der Waals surface area contributed by atoms with E-state index in [1.54, 1.807) is 0 Å². The highest BCUT2D eigenvalue weighted by Gasteiger charge is 2.38. The Bertz CT molecular complexity index is 832. The second-order valence-electron chi connectivity index (χ2n) is 8.27. The summed E-state index contributed by atoms with van der Waals surface area (Å²) in [6.45, 7) is 8.38. The molecule has 0 radical (unpaired) electrons. The number of carbonyl (C=O) groups is 1. The molecule has 4 heterocycles. The molecule has 0 N–H and O–H groups in total. The Morgan fingerprint density at radius 3 is 2.71 bits per heavy atom. The summed E-state index contributed by atoms with van der Waals surface area (Å²) >= 11 is 0. The monoisotopic (exact) mass is 384 g/mol. The molecule has 5 rings (SSSR count). The molecule has 28 heavy (non-hydrogen) atoms. The Morgan fingerprint density at radius 1 is 1.18 bits per heavy atom. The van der Waals surface area contributed by atoms with E-state index in [1.165, 1.54) is 18.6 Å². The summed E-state index contributed by atoms with van der Waals surface area (Å²) in [5.74, 6) is 0.419. The van der Waals surface area contributed by atoms with Crippen LogP contribution < -0.4 is 0 Å². The smallest absolute Gasteiger partial charge is 0.257 e. The fraction of sp³-hybridized carbons (Fsp3) is 0.545. The SMILES string of the molecule is CCCn1cc(C(=O)N2C[C@@H]3CC[C@H]2CN(Cc2ccc(F)cc2)C3)c(C)n1. The molecular formula is C22H29FN4O. The molecule has 3 saturated heterocycles. The number of aromatic nitrogens is 2. The number of halogens is 1. The van der Waals surface area contributed by atoms with E-state index in [2.05, 4.69) is 21.8 Å². The second kappa shape index (κ2) is 8.03. The van der Waals surface area contributed by atoms with Crippen LogP contribution in [0.5, 0.6) is 0 Å². The molecule has 2 bridgehead atoms. The number of rotatable bonds is 5. The number of nitrogens with zero attached hydrogens (tertiary/aromatic N) is 4. The Labute approximate surface area is 166 Å². The Hall–Kier alpha value is -2.21. The number of amides is 1. The maximum Gasteiger partial charge on any atom is 0.257 e. The zero-order valence-electron chi connectivity index (χ0n) is 16.8. The van der Waals surface area contributed by atoms with Crippen molar-refractivity contribution in [3.05, 3.63) is 53.1 Å². The van der Waals surface area contributed by atoms with Gasteiger partial charge in [-0.2, -0.15) is 5.10 Å². The molecule has 2 aromatic rings. The molecule has 1 amide bonds. The van der Waals surface area contributed by atoms with Gasteiger partial charge in [-0.25, -0.2) is 4.39 Å². The van der Waals surface area contributed by atoms with Gasteiger partial charge in [0, 0.05) is 45.0 Å². The molecule has 0 unspecified atom stereocenters. The van der Waals surface area contributed by atoms with E-state index < -0.39 is 0 Å². The summed E-state index contributed by atoms with van der Waals surface area (Å²) in [7, 11) is 0. The molecule has 5 nitrogen and oxygen atoms in total. The first-order valence-electron chi connectivity index (χ1n) is 10.3.